The van der Waals surface area contributed by atoms with Crippen LogP contribution in [0.3, 0.4) is 0 Å². The summed E-state index contributed by atoms with van der Waals surface area (Å²) in [4.78, 5) is 0. The van der Waals surface area contributed by atoms with Crippen LogP contribution in [0.2, 0.25) is 0 Å². The number of hydrogen-bond donors (Lipinski definition) is 0. The van der Waals surface area contributed by atoms with E-state index in [9.17, 15) is 0 Å². The minimum Gasteiger partial charge on any atom is -0.467 e. The van der Waals surface area contributed by atoms with Crippen molar-refractivity contribution in [2.75, 3.05) is 6.79 Å². The Morgan fingerprint density at radius 3 is 2.67 bits per heavy atom. The normalized spacial score (nSPS) is 13.5. The molecule has 0 bridgehead atoms. The standard InChI is InChI=1S/C8H8O2.C2H6/c1-2-4-8-7(3-1)5-9-6-10-8;1-2/h1-4H,5-6H2;1-2H3. The first-order chi connectivity index (χ1) is 5.97. The van der Waals surface area contributed by atoms with Gasteiger partial charge in [0, 0.05) is 5.56 Å². The molecular weight excluding hydrogens is 152 g/mol. The lowest BCUT2D eigenvalue weighted by molar-refractivity contribution is -0.0163. The van der Waals surface area contributed by atoms with E-state index in [1.165, 1.54) is 0 Å². The second-order valence-electron chi connectivity index (χ2n) is 2.22. The lowest BCUT2D eigenvalue weighted by Crippen LogP contribution is -2.10. The molecule has 0 fully saturated rings. The molecule has 1 aliphatic rings. The van der Waals surface area contributed by atoms with Gasteiger partial charge in [-0.05, 0) is 6.07 Å². The Labute approximate surface area is 73.1 Å². The highest BCUT2D eigenvalue weighted by Gasteiger charge is 2.07. The summed E-state index contributed by atoms with van der Waals surface area (Å²) in [5.41, 5.74) is 1.13. The largest absolute Gasteiger partial charge is 0.467 e. The second-order valence-corrected chi connectivity index (χ2v) is 2.22. The molecule has 0 amide bonds. The van der Waals surface area contributed by atoms with E-state index < -0.39 is 0 Å². The van der Waals surface area contributed by atoms with Crippen molar-refractivity contribution in [1.82, 2.24) is 0 Å². The molecule has 66 valence electrons. The zero-order valence-corrected chi connectivity index (χ0v) is 7.54. The van der Waals surface area contributed by atoms with Gasteiger partial charge in [-0.15, -0.1) is 0 Å². The number of benzene rings is 1. The van der Waals surface area contributed by atoms with Gasteiger partial charge in [-0.2, -0.15) is 0 Å². The average molecular weight is 166 g/mol. The quantitative estimate of drug-likeness (QED) is 0.589. The third-order valence-corrected chi connectivity index (χ3v) is 1.53. The molecule has 2 rings (SSSR count). The maximum Gasteiger partial charge on any atom is 0.189 e. The SMILES string of the molecule is CC.c1ccc2c(c1)COCO2. The van der Waals surface area contributed by atoms with Crippen molar-refractivity contribution in [3.05, 3.63) is 29.8 Å². The van der Waals surface area contributed by atoms with Gasteiger partial charge in [0.2, 0.25) is 0 Å². The molecular formula is C10H14O2. The zero-order chi connectivity index (χ0) is 8.81. The predicted octanol–water partition coefficient (Wildman–Crippen LogP) is 2.58. The maximum absolute atomic E-state index is 5.20. The Hall–Kier alpha value is -1.02. The molecule has 0 unspecified atom stereocenters. The fourth-order valence-electron chi connectivity index (χ4n) is 1.02. The molecule has 2 nitrogen and oxygen atoms in total. The maximum atomic E-state index is 5.20. The Kier molecular flexibility index (Phi) is 3.61. The highest BCUT2D eigenvalue weighted by molar-refractivity contribution is 5.33. The van der Waals surface area contributed by atoms with Gasteiger partial charge in [0.15, 0.2) is 6.79 Å². The van der Waals surface area contributed by atoms with Crippen LogP contribution in [0.1, 0.15) is 19.4 Å². The van der Waals surface area contributed by atoms with Gasteiger partial charge in [-0.3, -0.25) is 0 Å². The van der Waals surface area contributed by atoms with Crippen molar-refractivity contribution in [3.63, 3.8) is 0 Å². The molecule has 0 N–H and O–H groups in total. The Morgan fingerprint density at radius 1 is 1.17 bits per heavy atom. The molecule has 0 atom stereocenters. The monoisotopic (exact) mass is 166 g/mol. The molecule has 0 saturated heterocycles. The summed E-state index contributed by atoms with van der Waals surface area (Å²) in [7, 11) is 0. The van der Waals surface area contributed by atoms with E-state index in [4.69, 9.17) is 9.47 Å². The van der Waals surface area contributed by atoms with E-state index in [-0.39, 0.29) is 0 Å². The molecule has 2 heteroatoms. The van der Waals surface area contributed by atoms with Crippen molar-refractivity contribution >= 4 is 0 Å². The van der Waals surface area contributed by atoms with Crippen LogP contribution in [0.5, 0.6) is 5.75 Å². The first kappa shape index (κ1) is 9.07. The van der Waals surface area contributed by atoms with Crippen LogP contribution in [0.25, 0.3) is 0 Å². The fourth-order valence-corrected chi connectivity index (χ4v) is 1.02. The van der Waals surface area contributed by atoms with Gasteiger partial charge in [0.05, 0.1) is 6.61 Å². The van der Waals surface area contributed by atoms with E-state index in [1.54, 1.807) is 0 Å². The highest BCUT2D eigenvalue weighted by Crippen LogP contribution is 2.21. The third kappa shape index (κ3) is 1.98. The van der Waals surface area contributed by atoms with Gasteiger partial charge >= 0.3 is 0 Å². The zero-order valence-electron chi connectivity index (χ0n) is 7.54. The van der Waals surface area contributed by atoms with Crippen LogP contribution in [0, 0.1) is 0 Å². The minimum atomic E-state index is 0.386. The summed E-state index contributed by atoms with van der Waals surface area (Å²) in [6, 6.07) is 7.91. The number of rotatable bonds is 0. The summed E-state index contributed by atoms with van der Waals surface area (Å²) in [6.45, 7) is 5.06. The molecule has 1 aromatic rings. The van der Waals surface area contributed by atoms with Crippen LogP contribution in [0.4, 0.5) is 0 Å². The molecule has 0 aliphatic carbocycles. The first-order valence-electron chi connectivity index (χ1n) is 4.25. The van der Waals surface area contributed by atoms with Crippen LogP contribution in [-0.4, -0.2) is 6.79 Å². The van der Waals surface area contributed by atoms with Crippen LogP contribution >= 0.6 is 0 Å². The lowest BCUT2D eigenvalue weighted by Gasteiger charge is -2.16. The van der Waals surface area contributed by atoms with E-state index in [0.717, 1.165) is 11.3 Å². The molecule has 12 heavy (non-hydrogen) atoms. The molecule has 1 aromatic carbocycles. The van der Waals surface area contributed by atoms with Crippen LogP contribution < -0.4 is 4.74 Å². The minimum absolute atomic E-state index is 0.386. The number of hydrogen-bond acceptors (Lipinski definition) is 2. The summed E-state index contributed by atoms with van der Waals surface area (Å²) in [5, 5.41) is 0. The van der Waals surface area contributed by atoms with Crippen LogP contribution in [0.15, 0.2) is 24.3 Å². The summed E-state index contributed by atoms with van der Waals surface area (Å²) < 4.78 is 10.3. The molecule has 0 aromatic heterocycles. The first-order valence-corrected chi connectivity index (χ1v) is 4.25. The smallest absolute Gasteiger partial charge is 0.189 e. The van der Waals surface area contributed by atoms with Gasteiger partial charge in [-0.25, -0.2) is 0 Å². The molecule has 0 saturated carbocycles. The lowest BCUT2D eigenvalue weighted by atomic mass is 10.2. The Balaban J connectivity index is 0.000000336. The summed E-state index contributed by atoms with van der Waals surface area (Å²) in [5.74, 6) is 0.953. The van der Waals surface area contributed by atoms with Gasteiger partial charge in [-0.1, -0.05) is 32.0 Å². The highest BCUT2D eigenvalue weighted by atomic mass is 16.7. The van der Waals surface area contributed by atoms with E-state index in [2.05, 4.69) is 0 Å². The van der Waals surface area contributed by atoms with E-state index >= 15 is 0 Å². The molecule has 1 heterocycles. The van der Waals surface area contributed by atoms with Gasteiger partial charge < -0.3 is 9.47 Å². The number of ether oxygens (including phenoxy) is 2. The van der Waals surface area contributed by atoms with Crippen molar-refractivity contribution in [2.45, 2.75) is 20.5 Å². The predicted molar refractivity (Wildman–Crippen MR) is 48.1 cm³/mol. The number of fused-ring (bicyclic) bond motifs is 1. The van der Waals surface area contributed by atoms with E-state index in [1.807, 2.05) is 38.1 Å². The fraction of sp³-hybridized carbons (Fsp3) is 0.400. The third-order valence-electron chi connectivity index (χ3n) is 1.53. The van der Waals surface area contributed by atoms with E-state index in [0.29, 0.717) is 13.4 Å². The summed E-state index contributed by atoms with van der Waals surface area (Å²) in [6.07, 6.45) is 0. The second kappa shape index (κ2) is 4.78. The summed E-state index contributed by atoms with van der Waals surface area (Å²) >= 11 is 0. The van der Waals surface area contributed by atoms with Crippen molar-refractivity contribution in [1.29, 1.82) is 0 Å². The average Bonchev–Trinajstić information content (AvgIpc) is 2.21. The van der Waals surface area contributed by atoms with Gasteiger partial charge in [0.25, 0.3) is 0 Å². The van der Waals surface area contributed by atoms with Crippen molar-refractivity contribution in [2.24, 2.45) is 0 Å². The number of para-hydroxylation sites is 1. The molecule has 1 aliphatic heterocycles. The van der Waals surface area contributed by atoms with Crippen LogP contribution in [-0.2, 0) is 11.3 Å². The molecule has 0 spiro atoms. The molecule has 0 radical (unpaired) electrons. The van der Waals surface area contributed by atoms with Gasteiger partial charge in [0.1, 0.15) is 5.75 Å². The van der Waals surface area contributed by atoms with Crippen molar-refractivity contribution < 1.29 is 9.47 Å². The topological polar surface area (TPSA) is 18.5 Å². The van der Waals surface area contributed by atoms with Crippen molar-refractivity contribution in [3.8, 4) is 5.75 Å². The Bertz CT molecular complexity index is 208. The Morgan fingerprint density at radius 2 is 1.92 bits per heavy atom.